The van der Waals surface area contributed by atoms with Crippen LogP contribution in [0.5, 0.6) is 0 Å². The molecule has 0 aliphatic carbocycles. The van der Waals surface area contributed by atoms with E-state index in [1.165, 1.54) is 44.9 Å². The summed E-state index contributed by atoms with van der Waals surface area (Å²) in [5.41, 5.74) is 4.53. The number of rotatable bonds is 13. The minimum absolute atomic E-state index is 0. The number of benzene rings is 1. The quantitative estimate of drug-likeness (QED) is 0.232. The molecule has 0 fully saturated rings. The van der Waals surface area contributed by atoms with Gasteiger partial charge in [0, 0.05) is 0 Å². The van der Waals surface area contributed by atoms with Crippen molar-refractivity contribution in [2.24, 2.45) is 5.73 Å². The summed E-state index contributed by atoms with van der Waals surface area (Å²) in [6.45, 7) is 5.60. The Labute approximate surface area is 187 Å². The van der Waals surface area contributed by atoms with Gasteiger partial charge in [0.25, 0.3) is 10.1 Å². The summed E-state index contributed by atoms with van der Waals surface area (Å²) < 4.78 is 28.7. The van der Waals surface area contributed by atoms with Crippen LogP contribution < -0.4 is 5.73 Å². The van der Waals surface area contributed by atoms with E-state index in [-0.39, 0.29) is 41.1 Å². The van der Waals surface area contributed by atoms with Crippen LogP contribution in [0.15, 0.2) is 47.9 Å². The second kappa shape index (κ2) is 18.7. The maximum atomic E-state index is 11.8. The number of hydrogen-bond donors (Lipinski definition) is 1. The molecule has 0 bridgehead atoms. The first-order valence-corrected chi connectivity index (χ1v) is 10.7. The predicted octanol–water partition coefficient (Wildman–Crippen LogP) is 3.93. The second-order valence-electron chi connectivity index (χ2n) is 6.02. The van der Waals surface area contributed by atoms with Gasteiger partial charge in [-0.15, -0.1) is 0 Å². The Hall–Kier alpha value is -0.660. The number of hydrogen-bond acceptors (Lipinski definition) is 4. The molecule has 0 aliphatic heterocycles. The zero-order valence-corrected chi connectivity index (χ0v) is 16.7. The SMILES string of the molecule is C=CC(N)=O.CCCCCCCCCCCOS(=O)(=O)c1ccccc1.[NaH]. The fourth-order valence-corrected chi connectivity index (χ4v) is 3.20. The van der Waals surface area contributed by atoms with Gasteiger partial charge in [-0.1, -0.05) is 83.1 Å². The van der Waals surface area contributed by atoms with E-state index in [2.05, 4.69) is 19.2 Å². The Bertz CT molecular complexity index is 591. The molecule has 0 spiro atoms. The molecule has 1 amide bonds. The van der Waals surface area contributed by atoms with Crippen LogP contribution in [0.1, 0.15) is 64.7 Å². The molecule has 0 atom stereocenters. The summed E-state index contributed by atoms with van der Waals surface area (Å²) in [5, 5.41) is 0. The molecule has 1 aromatic carbocycles. The zero-order valence-electron chi connectivity index (χ0n) is 15.9. The van der Waals surface area contributed by atoms with Gasteiger partial charge in [0.15, 0.2) is 0 Å². The topological polar surface area (TPSA) is 86.5 Å². The third-order valence-electron chi connectivity index (χ3n) is 3.72. The third-order valence-corrected chi connectivity index (χ3v) is 5.05. The summed E-state index contributed by atoms with van der Waals surface area (Å²) in [6, 6.07) is 8.32. The van der Waals surface area contributed by atoms with Crippen LogP contribution in [0.2, 0.25) is 0 Å². The normalized spacial score (nSPS) is 10.3. The molecule has 1 rings (SSSR count). The molecule has 0 aliphatic rings. The van der Waals surface area contributed by atoms with Crippen molar-refractivity contribution in [1.82, 2.24) is 0 Å². The van der Waals surface area contributed by atoms with Gasteiger partial charge in [-0.05, 0) is 24.6 Å². The van der Waals surface area contributed by atoms with Crippen molar-refractivity contribution in [3.63, 3.8) is 0 Å². The molecule has 0 heterocycles. The standard InChI is InChI=1S/C17H28O3S.C3H5NO.Na.H/c1-2-3-4-5-6-7-8-9-13-16-20-21(18,19)17-14-11-10-12-15-17;1-2-3(4)5;;/h10-12,14-15H,2-9,13,16H2,1H3;2H,1H2,(H2,4,5);;. The van der Waals surface area contributed by atoms with E-state index in [1.54, 1.807) is 30.3 Å². The Kier molecular flexibility index (Phi) is 19.8. The first-order valence-electron chi connectivity index (χ1n) is 9.30. The molecule has 2 N–H and O–H groups in total. The number of amides is 1. The molecule has 7 heteroatoms. The Balaban J connectivity index is 0. The van der Waals surface area contributed by atoms with E-state index in [4.69, 9.17) is 4.18 Å². The van der Waals surface area contributed by atoms with Crippen LogP contribution in [0.4, 0.5) is 0 Å². The number of nitrogens with two attached hydrogens (primary N) is 1. The monoisotopic (exact) mass is 407 g/mol. The Morgan fingerprint density at radius 3 is 1.89 bits per heavy atom. The van der Waals surface area contributed by atoms with Crippen molar-refractivity contribution in [2.75, 3.05) is 6.61 Å². The molecule has 150 valence electrons. The molecule has 0 aromatic heterocycles. The van der Waals surface area contributed by atoms with Crippen molar-refractivity contribution in [1.29, 1.82) is 0 Å². The van der Waals surface area contributed by atoms with Gasteiger partial charge >= 0.3 is 29.6 Å². The Morgan fingerprint density at radius 2 is 1.44 bits per heavy atom. The third kappa shape index (κ3) is 17.2. The number of unbranched alkanes of at least 4 members (excludes halogenated alkanes) is 8. The zero-order chi connectivity index (χ0) is 19.7. The fraction of sp³-hybridized carbons (Fsp3) is 0.550. The van der Waals surface area contributed by atoms with E-state index in [9.17, 15) is 13.2 Å². The first-order chi connectivity index (χ1) is 12.4. The Morgan fingerprint density at radius 1 is 1.00 bits per heavy atom. The van der Waals surface area contributed by atoms with E-state index in [1.807, 2.05) is 0 Å². The van der Waals surface area contributed by atoms with Crippen LogP contribution in [-0.4, -0.2) is 50.5 Å². The molecular weight excluding hydrogens is 373 g/mol. The van der Waals surface area contributed by atoms with Crippen molar-refractivity contribution >= 4 is 45.6 Å². The number of primary amides is 1. The van der Waals surface area contributed by atoms with Crippen molar-refractivity contribution in [3.8, 4) is 0 Å². The molecule has 1 aromatic rings. The number of carbonyl (C=O) groups is 1. The molecule has 0 saturated carbocycles. The molecule has 0 radical (unpaired) electrons. The molecule has 5 nitrogen and oxygen atoms in total. The maximum absolute atomic E-state index is 11.8. The van der Waals surface area contributed by atoms with Crippen molar-refractivity contribution in [2.45, 2.75) is 69.6 Å². The van der Waals surface area contributed by atoms with E-state index in [0.29, 0.717) is 0 Å². The van der Waals surface area contributed by atoms with E-state index < -0.39 is 16.0 Å². The summed E-state index contributed by atoms with van der Waals surface area (Å²) in [6.07, 6.45) is 11.9. The first kappa shape index (κ1) is 28.5. The van der Waals surface area contributed by atoms with Crippen molar-refractivity contribution in [3.05, 3.63) is 43.0 Å². The van der Waals surface area contributed by atoms with Gasteiger partial charge in [0.2, 0.25) is 5.91 Å². The van der Waals surface area contributed by atoms with Gasteiger partial charge in [-0.25, -0.2) is 0 Å². The predicted molar refractivity (Wildman–Crippen MR) is 113 cm³/mol. The summed E-state index contributed by atoms with van der Waals surface area (Å²) in [5.74, 6) is -0.481. The van der Waals surface area contributed by atoms with Gasteiger partial charge < -0.3 is 5.73 Å². The van der Waals surface area contributed by atoms with Gasteiger partial charge in [0.1, 0.15) is 0 Å². The van der Waals surface area contributed by atoms with Gasteiger partial charge in [-0.3, -0.25) is 8.98 Å². The summed E-state index contributed by atoms with van der Waals surface area (Å²) in [4.78, 5) is 9.71. The van der Waals surface area contributed by atoms with Gasteiger partial charge in [0.05, 0.1) is 11.5 Å². The minimum atomic E-state index is -3.57. The summed E-state index contributed by atoms with van der Waals surface area (Å²) >= 11 is 0. The number of carbonyl (C=O) groups excluding carboxylic acids is 1. The van der Waals surface area contributed by atoms with Gasteiger partial charge in [-0.2, -0.15) is 8.42 Å². The van der Waals surface area contributed by atoms with Crippen LogP contribution in [0.25, 0.3) is 0 Å². The van der Waals surface area contributed by atoms with Crippen LogP contribution >= 0.6 is 0 Å². The molecule has 0 unspecified atom stereocenters. The van der Waals surface area contributed by atoms with Crippen molar-refractivity contribution < 1.29 is 17.4 Å². The van der Waals surface area contributed by atoms with E-state index >= 15 is 0 Å². The fourth-order valence-electron chi connectivity index (χ4n) is 2.24. The van der Waals surface area contributed by atoms with Crippen LogP contribution in [0.3, 0.4) is 0 Å². The average Bonchev–Trinajstić information content (AvgIpc) is 2.64. The molecule has 0 saturated heterocycles. The molecule has 27 heavy (non-hydrogen) atoms. The van der Waals surface area contributed by atoms with Crippen LogP contribution in [0, 0.1) is 0 Å². The summed E-state index contributed by atoms with van der Waals surface area (Å²) in [7, 11) is -3.57. The van der Waals surface area contributed by atoms with Crippen LogP contribution in [-0.2, 0) is 19.1 Å². The average molecular weight is 408 g/mol. The van der Waals surface area contributed by atoms with E-state index in [0.717, 1.165) is 18.9 Å². The second-order valence-corrected chi connectivity index (χ2v) is 7.64. The molecular formula is C20H34NNaO4S.